The molecule has 0 fully saturated rings. The molecule has 1 aromatic rings. The van der Waals surface area contributed by atoms with Gasteiger partial charge in [-0.2, -0.15) is 0 Å². The van der Waals surface area contributed by atoms with E-state index in [2.05, 4.69) is 9.40 Å². The Kier molecular flexibility index (Phi) is 1.69. The second-order valence-corrected chi connectivity index (χ2v) is 3.23. The zero-order chi connectivity index (χ0) is 9.42. The third kappa shape index (κ3) is 1.35. The van der Waals surface area contributed by atoms with Crippen LogP contribution in [0.25, 0.3) is 6.08 Å². The van der Waals surface area contributed by atoms with Crippen LogP contribution in [0.3, 0.4) is 0 Å². The minimum absolute atomic E-state index is 0.321. The average Bonchev–Trinajstić information content (AvgIpc) is 2.06. The molecule has 0 spiro atoms. The van der Waals surface area contributed by atoms with Gasteiger partial charge in [0.1, 0.15) is 0 Å². The molecule has 0 bridgehead atoms. The van der Waals surface area contributed by atoms with Crippen LogP contribution < -0.4 is 11.4 Å². The van der Waals surface area contributed by atoms with Crippen molar-refractivity contribution in [1.82, 2.24) is 4.98 Å². The first-order chi connectivity index (χ1) is 6.16. The number of allylic oxidation sites excluding steroid dienone is 1. The molecule has 4 heteroatoms. The number of fused-ring (bicyclic) bond motifs is 1. The predicted molar refractivity (Wildman–Crippen MR) is 47.5 cm³/mol. The van der Waals surface area contributed by atoms with Gasteiger partial charge < -0.3 is 4.42 Å². The van der Waals surface area contributed by atoms with E-state index in [1.807, 2.05) is 13.0 Å². The van der Waals surface area contributed by atoms with Gasteiger partial charge in [-0.25, -0.2) is 9.59 Å². The lowest BCUT2D eigenvalue weighted by Gasteiger charge is -2.12. The van der Waals surface area contributed by atoms with E-state index in [1.54, 1.807) is 6.08 Å². The maximum atomic E-state index is 11.2. The van der Waals surface area contributed by atoms with Crippen molar-refractivity contribution in [3.05, 3.63) is 38.3 Å². The second-order valence-electron chi connectivity index (χ2n) is 3.23. The van der Waals surface area contributed by atoms with E-state index >= 15 is 0 Å². The Bertz CT molecular complexity index is 466. The predicted octanol–water partition coefficient (Wildman–Crippen LogP) is 0.534. The van der Waals surface area contributed by atoms with Crippen molar-refractivity contribution in [1.29, 1.82) is 0 Å². The largest absolute Gasteiger partial charge is 0.419 e. The van der Waals surface area contributed by atoms with E-state index < -0.39 is 11.4 Å². The normalized spacial score (nSPS) is 19.9. The number of aromatic amines is 1. The average molecular weight is 179 g/mol. The SMILES string of the molecule is CC1C=Cc2[nH]c(=O)oc(=O)c2C1. The fourth-order valence-corrected chi connectivity index (χ4v) is 1.45. The van der Waals surface area contributed by atoms with E-state index in [0.717, 1.165) is 0 Å². The summed E-state index contributed by atoms with van der Waals surface area (Å²) in [4.78, 5) is 24.5. The Morgan fingerprint density at radius 3 is 3.08 bits per heavy atom. The van der Waals surface area contributed by atoms with Crippen LogP contribution >= 0.6 is 0 Å². The number of hydrogen-bond acceptors (Lipinski definition) is 3. The fraction of sp³-hybridized carbons (Fsp3) is 0.333. The Morgan fingerprint density at radius 2 is 2.31 bits per heavy atom. The second kappa shape index (κ2) is 2.73. The smallest absolute Gasteiger partial charge is 0.372 e. The molecule has 1 aliphatic rings. The fourth-order valence-electron chi connectivity index (χ4n) is 1.45. The van der Waals surface area contributed by atoms with E-state index in [0.29, 0.717) is 23.6 Å². The Labute approximate surface area is 73.9 Å². The Hall–Kier alpha value is -1.58. The minimum atomic E-state index is -0.692. The zero-order valence-electron chi connectivity index (χ0n) is 7.16. The van der Waals surface area contributed by atoms with E-state index in [9.17, 15) is 9.59 Å². The molecule has 4 nitrogen and oxygen atoms in total. The monoisotopic (exact) mass is 179 g/mol. The van der Waals surface area contributed by atoms with Crippen LogP contribution in [0.5, 0.6) is 0 Å². The van der Waals surface area contributed by atoms with Gasteiger partial charge in [-0.3, -0.25) is 4.98 Å². The zero-order valence-corrected chi connectivity index (χ0v) is 7.16. The van der Waals surface area contributed by atoms with Gasteiger partial charge in [0.2, 0.25) is 0 Å². The molecule has 2 rings (SSSR count). The van der Waals surface area contributed by atoms with Crippen LogP contribution in [-0.4, -0.2) is 4.98 Å². The highest BCUT2D eigenvalue weighted by molar-refractivity contribution is 5.51. The maximum absolute atomic E-state index is 11.2. The van der Waals surface area contributed by atoms with Crippen molar-refractivity contribution in [2.75, 3.05) is 0 Å². The van der Waals surface area contributed by atoms with E-state index in [1.165, 1.54) is 0 Å². The van der Waals surface area contributed by atoms with Crippen LogP contribution in [0.4, 0.5) is 0 Å². The van der Waals surface area contributed by atoms with Crippen molar-refractivity contribution in [3.8, 4) is 0 Å². The van der Waals surface area contributed by atoms with Crippen molar-refractivity contribution < 1.29 is 4.42 Å². The van der Waals surface area contributed by atoms with Gasteiger partial charge in [-0.1, -0.05) is 13.0 Å². The Morgan fingerprint density at radius 1 is 1.54 bits per heavy atom. The van der Waals surface area contributed by atoms with Gasteiger partial charge in [0, 0.05) is 0 Å². The van der Waals surface area contributed by atoms with Crippen LogP contribution in [0.1, 0.15) is 18.2 Å². The first kappa shape index (κ1) is 8.04. The molecule has 0 saturated heterocycles. The number of aromatic nitrogens is 1. The van der Waals surface area contributed by atoms with Gasteiger partial charge in [0.25, 0.3) is 0 Å². The molecule has 1 unspecified atom stereocenters. The molecule has 13 heavy (non-hydrogen) atoms. The summed E-state index contributed by atoms with van der Waals surface area (Å²) in [6, 6.07) is 0. The molecule has 0 amide bonds. The number of H-pyrrole nitrogens is 1. The molecule has 0 aromatic carbocycles. The summed E-state index contributed by atoms with van der Waals surface area (Å²) >= 11 is 0. The maximum Gasteiger partial charge on any atom is 0.419 e. The molecule has 0 radical (unpaired) electrons. The summed E-state index contributed by atoms with van der Waals surface area (Å²) in [5.41, 5.74) is 0.629. The highest BCUT2D eigenvalue weighted by atomic mass is 16.4. The summed E-state index contributed by atoms with van der Waals surface area (Å²) in [6.07, 6.45) is 4.34. The van der Waals surface area contributed by atoms with Gasteiger partial charge in [0.05, 0.1) is 11.3 Å². The van der Waals surface area contributed by atoms with E-state index in [4.69, 9.17) is 0 Å². The number of hydrogen-bond donors (Lipinski definition) is 1. The summed E-state index contributed by atoms with van der Waals surface area (Å²) in [6.45, 7) is 2.00. The van der Waals surface area contributed by atoms with Gasteiger partial charge in [-0.15, -0.1) is 0 Å². The lowest BCUT2D eigenvalue weighted by atomic mass is 9.95. The first-order valence-electron chi connectivity index (χ1n) is 4.11. The molecular formula is C9H9NO3. The van der Waals surface area contributed by atoms with Crippen molar-refractivity contribution in [3.63, 3.8) is 0 Å². The molecule has 1 heterocycles. The van der Waals surface area contributed by atoms with Crippen LogP contribution in [0.15, 0.2) is 20.1 Å². The lowest BCUT2D eigenvalue weighted by molar-refractivity contribution is 0.435. The van der Waals surface area contributed by atoms with Crippen LogP contribution in [-0.2, 0) is 6.42 Å². The standard InChI is InChI=1S/C9H9NO3/c1-5-2-3-7-6(4-5)8(11)13-9(12)10-7/h2-3,5H,4H2,1H3,(H,10,12). The van der Waals surface area contributed by atoms with Gasteiger partial charge in [-0.05, 0) is 18.4 Å². The van der Waals surface area contributed by atoms with Gasteiger partial charge in [0.15, 0.2) is 0 Å². The summed E-state index contributed by atoms with van der Waals surface area (Å²) < 4.78 is 4.42. The van der Waals surface area contributed by atoms with Crippen molar-refractivity contribution >= 4 is 6.08 Å². The molecule has 1 atom stereocenters. The topological polar surface area (TPSA) is 63.1 Å². The van der Waals surface area contributed by atoms with Crippen molar-refractivity contribution in [2.24, 2.45) is 5.92 Å². The van der Waals surface area contributed by atoms with Crippen molar-refractivity contribution in [2.45, 2.75) is 13.3 Å². The van der Waals surface area contributed by atoms with Crippen LogP contribution in [0, 0.1) is 5.92 Å². The molecule has 1 aromatic heterocycles. The summed E-state index contributed by atoms with van der Waals surface area (Å²) in [7, 11) is 0. The van der Waals surface area contributed by atoms with E-state index in [-0.39, 0.29) is 0 Å². The minimum Gasteiger partial charge on any atom is -0.372 e. The summed E-state index contributed by atoms with van der Waals surface area (Å²) in [5, 5.41) is 0. The highest BCUT2D eigenvalue weighted by Crippen LogP contribution is 2.16. The molecule has 1 aliphatic carbocycles. The highest BCUT2D eigenvalue weighted by Gasteiger charge is 2.15. The molecule has 1 N–H and O–H groups in total. The number of nitrogens with one attached hydrogen (secondary N) is 1. The molecule has 68 valence electrons. The lowest BCUT2D eigenvalue weighted by Crippen LogP contribution is -2.23. The Balaban J connectivity index is 2.70. The summed E-state index contributed by atoms with van der Waals surface area (Å²) in [5.74, 6) is -0.371. The third-order valence-corrected chi connectivity index (χ3v) is 2.11. The molecule has 0 aliphatic heterocycles. The first-order valence-corrected chi connectivity index (χ1v) is 4.11. The van der Waals surface area contributed by atoms with Crippen LogP contribution in [0.2, 0.25) is 0 Å². The molecule has 0 saturated carbocycles. The third-order valence-electron chi connectivity index (χ3n) is 2.11. The number of rotatable bonds is 0. The quantitative estimate of drug-likeness (QED) is 0.632. The van der Waals surface area contributed by atoms with Gasteiger partial charge >= 0.3 is 11.4 Å². The molecular weight excluding hydrogens is 170 g/mol.